The molecule has 12 nitrogen and oxygen atoms in total. The van der Waals surface area contributed by atoms with Crippen molar-refractivity contribution in [2.75, 3.05) is 0 Å². The number of allylic oxidation sites excluding steroid dienone is 2. The van der Waals surface area contributed by atoms with Gasteiger partial charge in [-0.2, -0.15) is 0 Å². The van der Waals surface area contributed by atoms with Gasteiger partial charge in [-0.05, 0) is 71.4 Å². The Labute approximate surface area is 263 Å². The number of carbonyl (C=O) groups excluding carboxylic acids is 4. The van der Waals surface area contributed by atoms with E-state index in [0.717, 1.165) is 38.5 Å². The number of fused-ring (bicyclic) bond motifs is 2. The second-order valence-electron chi connectivity index (χ2n) is 14.0. The summed E-state index contributed by atoms with van der Waals surface area (Å²) >= 11 is 0. The van der Waals surface area contributed by atoms with Crippen molar-refractivity contribution >= 4 is 37.7 Å². The minimum absolute atomic E-state index is 0.0277. The van der Waals surface area contributed by atoms with Crippen molar-refractivity contribution in [2.24, 2.45) is 34.5 Å². The molecule has 10 atom stereocenters. The molecule has 45 heavy (non-hydrogen) atoms. The molecule has 0 unspecified atom stereocenters. The van der Waals surface area contributed by atoms with Crippen LogP contribution in [0.15, 0.2) is 24.3 Å². The monoisotopic (exact) mass is 630 g/mol. The number of hydrogen-bond donors (Lipinski definition) is 6. The van der Waals surface area contributed by atoms with Gasteiger partial charge in [-0.1, -0.05) is 24.3 Å². The maximum absolute atomic E-state index is 12.5. The average Bonchev–Trinajstić information content (AvgIpc) is 3.29. The molecule has 6 rings (SSSR count). The van der Waals surface area contributed by atoms with E-state index in [0.29, 0.717) is 0 Å². The minimum atomic E-state index is -1.65. The lowest BCUT2D eigenvalue weighted by Crippen LogP contribution is -2.70. The van der Waals surface area contributed by atoms with Crippen LogP contribution in [0.4, 0.5) is 0 Å². The number of aliphatic hydroxyl groups is 2. The van der Waals surface area contributed by atoms with E-state index in [9.17, 15) is 39.4 Å². The Balaban J connectivity index is 0.000000178. The third-order valence-corrected chi connectivity index (χ3v) is 11.7. The quantitative estimate of drug-likeness (QED) is 0.117. The number of rotatable bonds is 9. The van der Waals surface area contributed by atoms with Gasteiger partial charge in [0.25, 0.3) is 0 Å². The predicted molar refractivity (Wildman–Crippen MR) is 160 cm³/mol. The van der Waals surface area contributed by atoms with Crippen LogP contribution in [0.5, 0.6) is 0 Å². The Hall–Kier alpha value is -2.35. The van der Waals surface area contributed by atoms with Gasteiger partial charge < -0.3 is 39.8 Å². The topological polar surface area (TPSA) is 208 Å². The lowest BCUT2D eigenvalue weighted by molar-refractivity contribution is -0.263. The second-order valence-corrected chi connectivity index (χ2v) is 14.0. The zero-order valence-corrected chi connectivity index (χ0v) is 25.8. The van der Waals surface area contributed by atoms with Gasteiger partial charge in [-0.3, -0.25) is 19.2 Å². The Morgan fingerprint density at radius 1 is 0.756 bits per heavy atom. The summed E-state index contributed by atoms with van der Waals surface area (Å²) in [6.07, 6.45) is 11.2. The molecule has 2 heterocycles. The Morgan fingerprint density at radius 2 is 1.20 bits per heavy atom. The first-order valence-electron chi connectivity index (χ1n) is 16.1. The van der Waals surface area contributed by atoms with Crippen LogP contribution in [-0.2, 0) is 28.7 Å². The molecular weight excluding hydrogens is 586 g/mol. The van der Waals surface area contributed by atoms with E-state index in [1.807, 2.05) is 24.3 Å². The zero-order valence-electron chi connectivity index (χ0n) is 25.8. The number of carbonyl (C=O) groups is 4. The third-order valence-electron chi connectivity index (χ3n) is 11.7. The number of aliphatic hydroxyl groups excluding tert-OH is 2. The molecule has 6 N–H and O–H groups in total. The van der Waals surface area contributed by atoms with E-state index in [1.54, 1.807) is 13.8 Å². The van der Waals surface area contributed by atoms with Gasteiger partial charge in [0.15, 0.2) is 0 Å². The highest BCUT2D eigenvalue weighted by atomic mass is 16.6. The van der Waals surface area contributed by atoms with Gasteiger partial charge in [0, 0.05) is 24.7 Å². The van der Waals surface area contributed by atoms with Crippen LogP contribution in [-0.4, -0.2) is 91.5 Å². The first kappa shape index (κ1) is 34.0. The summed E-state index contributed by atoms with van der Waals surface area (Å²) in [6.45, 7) is 3.32. The Morgan fingerprint density at radius 3 is 1.58 bits per heavy atom. The van der Waals surface area contributed by atoms with Gasteiger partial charge in [0.2, 0.25) is 0 Å². The van der Waals surface area contributed by atoms with Gasteiger partial charge in [-0.15, -0.1) is 0 Å². The van der Waals surface area contributed by atoms with Crippen LogP contribution in [0.3, 0.4) is 0 Å². The lowest BCUT2D eigenvalue weighted by atomic mass is 9.58. The number of ketones is 2. The van der Waals surface area contributed by atoms with E-state index in [4.69, 9.17) is 19.5 Å². The normalized spacial score (nSPS) is 41.0. The summed E-state index contributed by atoms with van der Waals surface area (Å²) in [5, 5.41) is 58.3. The SMILES string of the molecule is C[C@@]12OC(=O)[C@]1([C@@H](O)[C@@H]1C=CCCC1)CC(=O)[C@@H]2CB(O)O.C[C@@]12OC(=O)[C@]1([C@@H](O)[C@@H]1C=CCCC1)CC(=O)[C@@H]2CCB(O)O. The van der Waals surface area contributed by atoms with Crippen molar-refractivity contribution in [3.05, 3.63) is 24.3 Å². The van der Waals surface area contributed by atoms with Crippen LogP contribution in [0, 0.1) is 34.5 Å². The van der Waals surface area contributed by atoms with Gasteiger partial charge >= 0.3 is 26.2 Å². The molecule has 2 saturated carbocycles. The average molecular weight is 630 g/mol. The van der Waals surface area contributed by atoms with E-state index in [-0.39, 0.29) is 55.3 Å². The Bertz CT molecular complexity index is 1270. The fourth-order valence-corrected chi connectivity index (χ4v) is 9.02. The van der Waals surface area contributed by atoms with Crippen molar-refractivity contribution in [1.29, 1.82) is 0 Å². The first-order valence-corrected chi connectivity index (χ1v) is 16.1. The van der Waals surface area contributed by atoms with Crippen molar-refractivity contribution in [3.63, 3.8) is 0 Å². The van der Waals surface area contributed by atoms with Crippen LogP contribution in [0.2, 0.25) is 12.6 Å². The summed E-state index contributed by atoms with van der Waals surface area (Å²) < 4.78 is 10.7. The molecule has 4 aliphatic carbocycles. The van der Waals surface area contributed by atoms with Crippen LogP contribution < -0.4 is 0 Å². The molecule has 6 aliphatic rings. The number of Topliss-reactive ketones (excluding diaryl/α,β-unsaturated/α-hetero) is 2. The van der Waals surface area contributed by atoms with E-state index >= 15 is 0 Å². The maximum Gasteiger partial charge on any atom is 0.452 e. The first-order chi connectivity index (χ1) is 21.2. The zero-order chi connectivity index (χ0) is 32.9. The highest BCUT2D eigenvalue weighted by Gasteiger charge is 2.80. The lowest BCUT2D eigenvalue weighted by Gasteiger charge is -2.55. The van der Waals surface area contributed by atoms with Crippen LogP contribution >= 0.6 is 0 Å². The molecule has 0 amide bonds. The summed E-state index contributed by atoms with van der Waals surface area (Å²) in [7, 11) is -3.14. The largest absolute Gasteiger partial charge is 0.457 e. The molecule has 0 radical (unpaired) electrons. The molecular formula is C31H44B2O12. The highest BCUT2D eigenvalue weighted by molar-refractivity contribution is 6.42. The number of ether oxygens (including phenoxy) is 2. The molecule has 2 aliphatic heterocycles. The minimum Gasteiger partial charge on any atom is -0.457 e. The molecule has 0 spiro atoms. The molecule has 246 valence electrons. The summed E-state index contributed by atoms with van der Waals surface area (Å²) in [4.78, 5) is 49.3. The van der Waals surface area contributed by atoms with E-state index in [1.165, 1.54) is 0 Å². The fourth-order valence-electron chi connectivity index (χ4n) is 9.02. The van der Waals surface area contributed by atoms with Crippen LogP contribution in [0.25, 0.3) is 0 Å². The molecule has 0 aromatic rings. The molecule has 0 aromatic carbocycles. The molecule has 0 bridgehead atoms. The van der Waals surface area contributed by atoms with Gasteiger partial charge in [0.1, 0.15) is 33.6 Å². The van der Waals surface area contributed by atoms with Crippen molar-refractivity contribution < 1.29 is 59.0 Å². The van der Waals surface area contributed by atoms with E-state index < -0.39 is 72.3 Å². The Kier molecular flexibility index (Phi) is 9.33. The summed E-state index contributed by atoms with van der Waals surface area (Å²) in [6, 6.07) is 0. The van der Waals surface area contributed by atoms with Crippen molar-refractivity contribution in [1.82, 2.24) is 0 Å². The van der Waals surface area contributed by atoms with Gasteiger partial charge in [0.05, 0.1) is 24.0 Å². The van der Waals surface area contributed by atoms with Crippen molar-refractivity contribution in [2.45, 2.75) is 108 Å². The number of hydrogen-bond acceptors (Lipinski definition) is 12. The number of esters is 2. The van der Waals surface area contributed by atoms with Crippen molar-refractivity contribution in [3.8, 4) is 0 Å². The molecule has 4 fully saturated rings. The highest BCUT2D eigenvalue weighted by Crippen LogP contribution is 2.64. The van der Waals surface area contributed by atoms with Gasteiger partial charge in [-0.25, -0.2) is 0 Å². The molecule has 0 aromatic heterocycles. The predicted octanol–water partition coefficient (Wildman–Crippen LogP) is 0.525. The maximum atomic E-state index is 12.5. The molecule has 2 saturated heterocycles. The smallest absolute Gasteiger partial charge is 0.452 e. The second kappa shape index (κ2) is 12.4. The van der Waals surface area contributed by atoms with Crippen LogP contribution in [0.1, 0.15) is 71.6 Å². The third kappa shape index (κ3) is 5.16. The van der Waals surface area contributed by atoms with E-state index in [2.05, 4.69) is 0 Å². The fraction of sp³-hybridized carbons (Fsp3) is 0.742. The molecule has 14 heteroatoms. The standard InChI is InChI=1S/C16H23BO6.C15H21BO6/c1-15-11(7-8-17(21)22)12(18)9-16(15,14(20)23-15)13(19)10-5-3-2-4-6-10;1-14-10(8-16(20)21)11(17)7-15(14,13(19)22-14)12(18)9-5-3-2-4-6-9/h3,5,10-11,13,19,21-22H,2,4,6-9H2,1H3;3,5,9-10,12,18,20-21H,2,4,6-8H2,1H3/t10-,11+,13+,15+,16-;9-,10+,12+,14+,15-/m11/s1. The summed E-state index contributed by atoms with van der Waals surface area (Å²) in [5.74, 6) is -3.15. The summed E-state index contributed by atoms with van der Waals surface area (Å²) in [5.41, 5.74) is -4.66.